The van der Waals surface area contributed by atoms with Crippen molar-refractivity contribution in [3.05, 3.63) is 35.9 Å². The second-order valence-electron chi connectivity index (χ2n) is 5.15. The van der Waals surface area contributed by atoms with Crippen LogP contribution in [0.2, 0.25) is 0 Å². The molecule has 4 atom stereocenters. The third-order valence-corrected chi connectivity index (χ3v) is 3.73. The highest BCUT2D eigenvalue weighted by Gasteiger charge is 2.54. The average molecular weight is 293 g/mol. The molecule has 3 rings (SSSR count). The third-order valence-electron chi connectivity index (χ3n) is 3.73. The van der Waals surface area contributed by atoms with Gasteiger partial charge in [0.25, 0.3) is 0 Å². The largest absolute Gasteiger partial charge is 0.445 e. The van der Waals surface area contributed by atoms with E-state index < -0.39 is 6.09 Å². The number of alkyl carbamates (subject to hydrolysis) is 1. The van der Waals surface area contributed by atoms with Gasteiger partial charge in [-0.1, -0.05) is 30.3 Å². The fraction of sp³-hybridized carbons (Fsp3) is 0.533. The summed E-state index contributed by atoms with van der Waals surface area (Å²) in [6, 6.07) is 9.54. The quantitative estimate of drug-likeness (QED) is 0.795. The molecule has 0 saturated carbocycles. The highest BCUT2D eigenvalue weighted by molar-refractivity contribution is 5.67. The maximum absolute atomic E-state index is 11.7. The van der Waals surface area contributed by atoms with Crippen molar-refractivity contribution in [1.82, 2.24) is 5.32 Å². The molecule has 0 radical (unpaired) electrons. The standard InChI is InChI=1S/C15H19NO5/c1-18-11(13-14-12(21-14)9-19-13)7-16-15(17)20-8-10-5-3-2-4-6-10/h2-6,11-14H,7-9H2,1H3,(H,16,17)/t11-,12+,13+,14+/m0/s1. The van der Waals surface area contributed by atoms with Gasteiger partial charge in [0.15, 0.2) is 0 Å². The van der Waals surface area contributed by atoms with Gasteiger partial charge in [-0.05, 0) is 5.56 Å². The molecule has 2 aliphatic rings. The Morgan fingerprint density at radius 3 is 2.86 bits per heavy atom. The predicted octanol–water partition coefficient (Wildman–Crippen LogP) is 1.09. The number of ether oxygens (including phenoxy) is 4. The molecule has 1 aromatic carbocycles. The van der Waals surface area contributed by atoms with Crippen molar-refractivity contribution < 1.29 is 23.7 Å². The molecule has 2 heterocycles. The Morgan fingerprint density at radius 2 is 2.24 bits per heavy atom. The predicted molar refractivity (Wildman–Crippen MR) is 73.8 cm³/mol. The summed E-state index contributed by atoms with van der Waals surface area (Å²) in [5.74, 6) is 0. The summed E-state index contributed by atoms with van der Waals surface area (Å²) < 4.78 is 21.5. The molecule has 2 saturated heterocycles. The van der Waals surface area contributed by atoms with Crippen LogP contribution in [0.3, 0.4) is 0 Å². The van der Waals surface area contributed by atoms with Gasteiger partial charge in [0, 0.05) is 13.7 Å². The molecular weight excluding hydrogens is 274 g/mol. The molecule has 6 heteroatoms. The van der Waals surface area contributed by atoms with Gasteiger partial charge in [0.05, 0.1) is 6.61 Å². The zero-order valence-corrected chi connectivity index (χ0v) is 11.9. The van der Waals surface area contributed by atoms with Crippen molar-refractivity contribution in [3.63, 3.8) is 0 Å². The van der Waals surface area contributed by atoms with Crippen LogP contribution in [0.5, 0.6) is 0 Å². The highest BCUT2D eigenvalue weighted by Crippen LogP contribution is 2.36. The van der Waals surface area contributed by atoms with Gasteiger partial charge >= 0.3 is 6.09 Å². The topological polar surface area (TPSA) is 69.3 Å². The number of rotatable bonds is 6. The van der Waals surface area contributed by atoms with Crippen molar-refractivity contribution in [1.29, 1.82) is 0 Å². The molecule has 0 aromatic heterocycles. The molecule has 1 N–H and O–H groups in total. The fourth-order valence-corrected chi connectivity index (χ4v) is 2.49. The summed E-state index contributed by atoms with van der Waals surface area (Å²) in [6.45, 7) is 1.19. The van der Waals surface area contributed by atoms with Crippen molar-refractivity contribution in [3.8, 4) is 0 Å². The van der Waals surface area contributed by atoms with Crippen LogP contribution in [0, 0.1) is 0 Å². The van der Waals surface area contributed by atoms with Crippen molar-refractivity contribution in [2.45, 2.75) is 31.0 Å². The van der Waals surface area contributed by atoms with Crippen LogP contribution in [0.4, 0.5) is 4.79 Å². The van der Waals surface area contributed by atoms with E-state index in [2.05, 4.69) is 5.32 Å². The van der Waals surface area contributed by atoms with E-state index >= 15 is 0 Å². The van der Waals surface area contributed by atoms with Gasteiger partial charge in [-0.25, -0.2) is 4.79 Å². The van der Waals surface area contributed by atoms with Gasteiger partial charge in [-0.3, -0.25) is 0 Å². The lowest BCUT2D eigenvalue weighted by Crippen LogP contribution is -2.42. The maximum atomic E-state index is 11.7. The van der Waals surface area contributed by atoms with Gasteiger partial charge in [0.1, 0.15) is 31.0 Å². The zero-order chi connectivity index (χ0) is 14.7. The van der Waals surface area contributed by atoms with Gasteiger partial charge in [0.2, 0.25) is 0 Å². The Labute approximate surface area is 123 Å². The summed E-state index contributed by atoms with van der Waals surface area (Å²) >= 11 is 0. The second kappa shape index (κ2) is 6.43. The Balaban J connectivity index is 1.40. The van der Waals surface area contributed by atoms with Crippen LogP contribution in [0.25, 0.3) is 0 Å². The van der Waals surface area contributed by atoms with Crippen LogP contribution >= 0.6 is 0 Å². The van der Waals surface area contributed by atoms with E-state index in [1.807, 2.05) is 30.3 Å². The highest BCUT2D eigenvalue weighted by atomic mass is 16.7. The van der Waals surface area contributed by atoms with Crippen LogP contribution in [0.1, 0.15) is 5.56 Å². The van der Waals surface area contributed by atoms with Crippen LogP contribution in [-0.4, -0.2) is 50.8 Å². The van der Waals surface area contributed by atoms with Gasteiger partial charge in [-0.15, -0.1) is 0 Å². The number of benzene rings is 1. The first-order valence-corrected chi connectivity index (χ1v) is 7.02. The number of carbonyl (C=O) groups is 1. The Kier molecular flexibility index (Phi) is 4.38. The second-order valence-corrected chi connectivity index (χ2v) is 5.15. The SMILES string of the molecule is CO[C@@H](CNC(=O)OCc1ccccc1)[C@H]1OC[C@H]2O[C@@H]12. The molecule has 114 valence electrons. The minimum Gasteiger partial charge on any atom is -0.445 e. The molecule has 2 aliphatic heterocycles. The minimum atomic E-state index is -0.466. The number of nitrogens with one attached hydrogen (secondary N) is 1. The first kappa shape index (κ1) is 14.3. The molecule has 6 nitrogen and oxygen atoms in total. The first-order valence-electron chi connectivity index (χ1n) is 7.02. The fourth-order valence-electron chi connectivity index (χ4n) is 2.49. The summed E-state index contributed by atoms with van der Waals surface area (Å²) in [7, 11) is 1.60. The maximum Gasteiger partial charge on any atom is 0.407 e. The molecule has 0 aliphatic carbocycles. The molecule has 0 bridgehead atoms. The number of hydrogen-bond donors (Lipinski definition) is 1. The molecule has 0 unspecified atom stereocenters. The van der Waals surface area contributed by atoms with E-state index in [4.69, 9.17) is 18.9 Å². The number of carbonyl (C=O) groups excluding carboxylic acids is 1. The summed E-state index contributed by atoms with van der Waals surface area (Å²) in [5.41, 5.74) is 0.948. The molecular formula is C15H19NO5. The molecule has 1 amide bonds. The van der Waals surface area contributed by atoms with Crippen LogP contribution in [-0.2, 0) is 25.6 Å². The summed E-state index contributed by atoms with van der Waals surface area (Å²) in [6.07, 6.45) is -0.497. The molecule has 0 spiro atoms. The molecule has 2 fully saturated rings. The smallest absolute Gasteiger partial charge is 0.407 e. The minimum absolute atomic E-state index is 0.108. The van der Waals surface area contributed by atoms with E-state index in [9.17, 15) is 4.79 Å². The van der Waals surface area contributed by atoms with Crippen LogP contribution < -0.4 is 5.32 Å². The van der Waals surface area contributed by atoms with Crippen molar-refractivity contribution in [2.24, 2.45) is 0 Å². The zero-order valence-electron chi connectivity index (χ0n) is 11.9. The van der Waals surface area contributed by atoms with Gasteiger partial charge in [-0.2, -0.15) is 0 Å². The lowest BCUT2D eigenvalue weighted by Gasteiger charge is -2.22. The van der Waals surface area contributed by atoms with E-state index in [0.29, 0.717) is 13.2 Å². The Hall–Kier alpha value is -1.63. The number of methoxy groups -OCH3 is 1. The number of fused-ring (bicyclic) bond motifs is 1. The normalized spacial score (nSPS) is 27.8. The third kappa shape index (κ3) is 3.53. The van der Waals surface area contributed by atoms with Gasteiger partial charge < -0.3 is 24.3 Å². The van der Waals surface area contributed by atoms with Crippen molar-refractivity contribution in [2.75, 3.05) is 20.3 Å². The van der Waals surface area contributed by atoms with E-state index in [-0.39, 0.29) is 31.0 Å². The number of amides is 1. The van der Waals surface area contributed by atoms with Crippen molar-refractivity contribution >= 4 is 6.09 Å². The van der Waals surface area contributed by atoms with Crippen LogP contribution in [0.15, 0.2) is 30.3 Å². The number of hydrogen-bond acceptors (Lipinski definition) is 5. The average Bonchev–Trinajstić information content (AvgIpc) is 3.19. The monoisotopic (exact) mass is 293 g/mol. The molecule has 21 heavy (non-hydrogen) atoms. The van der Waals surface area contributed by atoms with E-state index in [0.717, 1.165) is 5.56 Å². The Bertz CT molecular complexity index is 480. The summed E-state index contributed by atoms with van der Waals surface area (Å²) in [4.78, 5) is 11.7. The van der Waals surface area contributed by atoms with E-state index in [1.54, 1.807) is 7.11 Å². The molecule has 1 aromatic rings. The first-order chi connectivity index (χ1) is 10.3. The van der Waals surface area contributed by atoms with E-state index in [1.165, 1.54) is 0 Å². The lowest BCUT2D eigenvalue weighted by molar-refractivity contribution is -0.0630. The number of epoxide rings is 1. The lowest BCUT2D eigenvalue weighted by atomic mass is 10.1. The summed E-state index contributed by atoms with van der Waals surface area (Å²) in [5, 5.41) is 2.70. The Morgan fingerprint density at radius 1 is 1.43 bits per heavy atom.